The molecule has 0 aromatic heterocycles. The van der Waals surface area contributed by atoms with Crippen molar-refractivity contribution in [1.82, 2.24) is 0 Å². The first-order valence-corrected chi connectivity index (χ1v) is 9.90. The van der Waals surface area contributed by atoms with Crippen molar-refractivity contribution in [2.45, 2.75) is 45.1 Å². The van der Waals surface area contributed by atoms with E-state index in [9.17, 15) is 13.2 Å². The third-order valence-corrected chi connectivity index (χ3v) is 8.61. The molecule has 0 heterocycles. The van der Waals surface area contributed by atoms with Gasteiger partial charge in [0.05, 0.1) is 9.13 Å². The predicted octanol–water partition coefficient (Wildman–Crippen LogP) is 5.69. The molecule has 0 aliphatic carbocycles. The summed E-state index contributed by atoms with van der Waals surface area (Å²) in [6.45, 7) is 9.89. The van der Waals surface area contributed by atoms with Gasteiger partial charge in [-0.25, -0.2) is 0 Å². The second-order valence-electron chi connectivity index (χ2n) is 5.98. The van der Waals surface area contributed by atoms with Crippen LogP contribution >= 0.6 is 22.6 Å². The summed E-state index contributed by atoms with van der Waals surface area (Å²) in [4.78, 5) is 0. The van der Waals surface area contributed by atoms with E-state index in [0.29, 0.717) is 3.57 Å². The average molecular weight is 402 g/mol. The minimum Gasteiger partial charge on any atom is -0.542 e. The maximum atomic E-state index is 13.0. The largest absolute Gasteiger partial charge is 0.542 e. The molecule has 1 nitrogen and oxygen atoms in total. The summed E-state index contributed by atoms with van der Waals surface area (Å²) in [5.41, 5.74) is -0.691. The van der Waals surface area contributed by atoms with Crippen molar-refractivity contribution in [3.8, 4) is 5.75 Å². The van der Waals surface area contributed by atoms with Crippen molar-refractivity contribution in [3.63, 3.8) is 0 Å². The monoisotopic (exact) mass is 402 g/mol. The summed E-state index contributed by atoms with van der Waals surface area (Å²) in [5.74, 6) is -0.0257. The Morgan fingerprint density at radius 3 is 2.05 bits per heavy atom. The van der Waals surface area contributed by atoms with Crippen LogP contribution in [0.15, 0.2) is 18.2 Å². The van der Waals surface area contributed by atoms with Gasteiger partial charge in [0.1, 0.15) is 5.75 Å². The molecule has 108 valence electrons. The second-order valence-corrected chi connectivity index (χ2v) is 11.9. The first-order valence-electron chi connectivity index (χ1n) is 5.91. The molecular formula is C13H18F3IOSi. The highest BCUT2D eigenvalue weighted by atomic mass is 127. The molecular weight excluding hydrogens is 384 g/mol. The molecule has 0 bridgehead atoms. The topological polar surface area (TPSA) is 9.23 Å². The van der Waals surface area contributed by atoms with Crippen molar-refractivity contribution in [2.24, 2.45) is 0 Å². The number of para-hydroxylation sites is 1. The fourth-order valence-corrected chi connectivity index (χ4v) is 3.10. The molecule has 0 unspecified atom stereocenters. The Morgan fingerprint density at radius 1 is 1.11 bits per heavy atom. The molecule has 0 spiro atoms. The Kier molecular flexibility index (Phi) is 4.66. The van der Waals surface area contributed by atoms with Crippen LogP contribution in [0.25, 0.3) is 0 Å². The lowest BCUT2D eigenvalue weighted by molar-refractivity contribution is -0.138. The molecule has 6 heteroatoms. The van der Waals surface area contributed by atoms with Gasteiger partial charge in [-0.05, 0) is 52.9 Å². The second kappa shape index (κ2) is 5.27. The normalized spacial score (nSPS) is 13.5. The van der Waals surface area contributed by atoms with Crippen molar-refractivity contribution < 1.29 is 17.6 Å². The summed E-state index contributed by atoms with van der Waals surface area (Å²) in [5, 5.41) is -0.144. The predicted molar refractivity (Wildman–Crippen MR) is 82.0 cm³/mol. The zero-order valence-electron chi connectivity index (χ0n) is 11.7. The fraction of sp³-hybridized carbons (Fsp3) is 0.538. The van der Waals surface area contributed by atoms with Gasteiger partial charge in [-0.15, -0.1) is 0 Å². The smallest absolute Gasteiger partial charge is 0.419 e. The number of benzene rings is 1. The Bertz CT molecular complexity index is 464. The number of rotatable bonds is 2. The van der Waals surface area contributed by atoms with E-state index in [2.05, 4.69) is 0 Å². The zero-order valence-corrected chi connectivity index (χ0v) is 14.8. The third kappa shape index (κ3) is 3.87. The van der Waals surface area contributed by atoms with Crippen LogP contribution in [0.2, 0.25) is 18.1 Å². The van der Waals surface area contributed by atoms with Crippen molar-refractivity contribution in [3.05, 3.63) is 27.3 Å². The van der Waals surface area contributed by atoms with Gasteiger partial charge in [-0.1, -0.05) is 26.8 Å². The highest BCUT2D eigenvalue weighted by molar-refractivity contribution is 14.1. The van der Waals surface area contributed by atoms with Gasteiger partial charge < -0.3 is 4.43 Å². The quantitative estimate of drug-likeness (QED) is 0.456. The molecule has 0 atom stereocenters. The fourth-order valence-electron chi connectivity index (χ4n) is 1.24. The van der Waals surface area contributed by atoms with Crippen LogP contribution in [0, 0.1) is 3.57 Å². The molecule has 0 aliphatic rings. The number of halogens is 4. The van der Waals surface area contributed by atoms with E-state index in [1.807, 2.05) is 56.5 Å². The van der Waals surface area contributed by atoms with Gasteiger partial charge in [0.25, 0.3) is 8.32 Å². The van der Waals surface area contributed by atoms with E-state index in [4.69, 9.17) is 4.43 Å². The summed E-state index contributed by atoms with van der Waals surface area (Å²) < 4.78 is 45.5. The van der Waals surface area contributed by atoms with Crippen LogP contribution in [0.3, 0.4) is 0 Å². The molecule has 0 fully saturated rings. The van der Waals surface area contributed by atoms with Crippen LogP contribution in [-0.2, 0) is 6.18 Å². The van der Waals surface area contributed by atoms with Crippen molar-refractivity contribution in [1.29, 1.82) is 0 Å². The maximum absolute atomic E-state index is 13.0. The Balaban J connectivity index is 3.29. The van der Waals surface area contributed by atoms with Gasteiger partial charge >= 0.3 is 6.18 Å². The first-order chi connectivity index (χ1) is 8.36. The Labute approximate surface area is 126 Å². The molecule has 19 heavy (non-hydrogen) atoms. The molecule has 0 N–H and O–H groups in total. The van der Waals surface area contributed by atoms with Crippen molar-refractivity contribution >= 4 is 30.9 Å². The van der Waals surface area contributed by atoms with Crippen LogP contribution in [-0.4, -0.2) is 8.32 Å². The lowest BCUT2D eigenvalue weighted by Gasteiger charge is -2.37. The molecule has 1 aromatic rings. The molecule has 1 aromatic carbocycles. The minimum absolute atomic E-state index is 0.0257. The molecule has 0 saturated carbocycles. The van der Waals surface area contributed by atoms with Gasteiger partial charge in [-0.3, -0.25) is 0 Å². The van der Waals surface area contributed by atoms with Crippen molar-refractivity contribution in [2.75, 3.05) is 0 Å². The average Bonchev–Trinajstić information content (AvgIpc) is 2.17. The number of hydrogen-bond donors (Lipinski definition) is 0. The van der Waals surface area contributed by atoms with E-state index in [1.165, 1.54) is 6.07 Å². The van der Waals surface area contributed by atoms with Gasteiger partial charge in [-0.2, -0.15) is 13.2 Å². The zero-order chi connectivity index (χ0) is 15.1. The number of hydrogen-bond acceptors (Lipinski definition) is 1. The van der Waals surface area contributed by atoms with Gasteiger partial charge in [0.15, 0.2) is 0 Å². The molecule has 0 aliphatic heterocycles. The van der Waals surface area contributed by atoms with E-state index in [0.717, 1.165) is 6.07 Å². The standard InChI is InChI=1S/C13H18F3IOSi/c1-12(2,3)19(4,5)18-11-9(13(14,15)16)7-6-8-10(11)17/h6-8H,1-5H3. The van der Waals surface area contributed by atoms with Gasteiger partial charge in [0, 0.05) is 0 Å². The van der Waals surface area contributed by atoms with E-state index < -0.39 is 20.1 Å². The van der Waals surface area contributed by atoms with Gasteiger partial charge in [0.2, 0.25) is 0 Å². The van der Waals surface area contributed by atoms with E-state index in [-0.39, 0.29) is 10.8 Å². The van der Waals surface area contributed by atoms with Crippen LogP contribution < -0.4 is 4.43 Å². The summed E-state index contributed by atoms with van der Waals surface area (Å²) in [7, 11) is -2.29. The lowest BCUT2D eigenvalue weighted by atomic mass is 10.2. The Hall–Kier alpha value is -0.243. The highest BCUT2D eigenvalue weighted by Gasteiger charge is 2.42. The highest BCUT2D eigenvalue weighted by Crippen LogP contribution is 2.43. The minimum atomic E-state index is -4.39. The first kappa shape index (κ1) is 16.8. The van der Waals surface area contributed by atoms with Crippen LogP contribution in [0.4, 0.5) is 13.2 Å². The van der Waals surface area contributed by atoms with E-state index >= 15 is 0 Å². The number of alkyl halides is 3. The molecule has 0 radical (unpaired) electrons. The van der Waals surface area contributed by atoms with Crippen LogP contribution in [0.5, 0.6) is 5.75 Å². The molecule has 0 saturated heterocycles. The Morgan fingerprint density at radius 2 is 1.63 bits per heavy atom. The summed E-state index contributed by atoms with van der Waals surface area (Å²) in [6, 6.07) is 4.12. The van der Waals surface area contributed by atoms with E-state index in [1.54, 1.807) is 6.07 Å². The van der Waals surface area contributed by atoms with Crippen LogP contribution in [0.1, 0.15) is 26.3 Å². The summed E-state index contributed by atoms with van der Waals surface area (Å²) >= 11 is 1.89. The maximum Gasteiger partial charge on any atom is 0.419 e. The SMILES string of the molecule is CC(C)(C)[Si](C)(C)Oc1c(I)cccc1C(F)(F)F. The molecule has 0 amide bonds. The summed E-state index contributed by atoms with van der Waals surface area (Å²) in [6.07, 6.45) is -4.39. The molecule has 1 rings (SSSR count). The third-order valence-electron chi connectivity index (χ3n) is 3.44. The lowest BCUT2D eigenvalue weighted by Crippen LogP contribution is -2.44.